The summed E-state index contributed by atoms with van der Waals surface area (Å²) in [6, 6.07) is 3.22. The maximum atomic E-state index is 13.4. The van der Waals surface area contributed by atoms with Gasteiger partial charge in [0.1, 0.15) is 11.6 Å². The Kier molecular flexibility index (Phi) is 3.27. The molecule has 1 aromatic carbocycles. The van der Waals surface area contributed by atoms with E-state index in [9.17, 15) is 13.6 Å². The lowest BCUT2D eigenvalue weighted by molar-refractivity contribution is 0.0947. The molecule has 0 unspecified atom stereocenters. The summed E-state index contributed by atoms with van der Waals surface area (Å²) in [7, 11) is 0. The van der Waals surface area contributed by atoms with Crippen molar-refractivity contribution in [3.05, 3.63) is 53.5 Å². The molecule has 0 aliphatic carbocycles. The molecule has 0 aliphatic heterocycles. The van der Waals surface area contributed by atoms with Crippen LogP contribution in [0.15, 0.2) is 35.1 Å². The number of anilines is 1. The molecule has 0 spiro atoms. The summed E-state index contributed by atoms with van der Waals surface area (Å²) in [5, 5.41) is 2.47. The third kappa shape index (κ3) is 2.48. The van der Waals surface area contributed by atoms with Crippen molar-refractivity contribution in [3.63, 3.8) is 0 Å². The number of rotatable bonds is 3. The first-order valence-corrected chi connectivity index (χ1v) is 5.11. The molecule has 2 rings (SSSR count). The van der Waals surface area contributed by atoms with Crippen molar-refractivity contribution >= 4 is 11.6 Å². The first-order valence-electron chi connectivity index (χ1n) is 5.11. The number of halogens is 2. The summed E-state index contributed by atoms with van der Waals surface area (Å²) in [6.45, 7) is 0.187. The number of hydrogen-bond acceptors (Lipinski definition) is 3. The first kappa shape index (κ1) is 12.1. The van der Waals surface area contributed by atoms with Gasteiger partial charge in [0, 0.05) is 18.2 Å². The van der Waals surface area contributed by atoms with Gasteiger partial charge in [-0.15, -0.1) is 0 Å². The molecule has 4 nitrogen and oxygen atoms in total. The van der Waals surface area contributed by atoms with E-state index in [0.717, 1.165) is 11.6 Å². The van der Waals surface area contributed by atoms with Crippen molar-refractivity contribution in [2.24, 2.45) is 0 Å². The van der Waals surface area contributed by atoms with Crippen molar-refractivity contribution in [1.29, 1.82) is 0 Å². The topological polar surface area (TPSA) is 68.3 Å². The molecule has 2 aromatic rings. The molecule has 6 heteroatoms. The van der Waals surface area contributed by atoms with Gasteiger partial charge in [-0.05, 0) is 12.1 Å². The second-order valence-corrected chi connectivity index (χ2v) is 3.67. The van der Waals surface area contributed by atoms with Crippen molar-refractivity contribution in [1.82, 2.24) is 5.32 Å². The molecule has 0 saturated heterocycles. The van der Waals surface area contributed by atoms with Gasteiger partial charge in [-0.25, -0.2) is 8.78 Å². The van der Waals surface area contributed by atoms with E-state index < -0.39 is 17.5 Å². The molecular formula is C12H10F2N2O2. The third-order valence-electron chi connectivity index (χ3n) is 2.36. The SMILES string of the molecule is Nc1cc(C(=O)NCc2ccoc2)c(F)cc1F. The van der Waals surface area contributed by atoms with E-state index in [0.29, 0.717) is 6.07 Å². The Morgan fingerprint density at radius 3 is 2.78 bits per heavy atom. The van der Waals surface area contributed by atoms with Gasteiger partial charge >= 0.3 is 0 Å². The van der Waals surface area contributed by atoms with Crippen molar-refractivity contribution in [2.75, 3.05) is 5.73 Å². The fourth-order valence-electron chi connectivity index (χ4n) is 1.41. The monoisotopic (exact) mass is 252 g/mol. The summed E-state index contributed by atoms with van der Waals surface area (Å²) < 4.78 is 31.1. The highest BCUT2D eigenvalue weighted by atomic mass is 19.1. The fraction of sp³-hybridized carbons (Fsp3) is 0.0833. The van der Waals surface area contributed by atoms with Gasteiger partial charge in [-0.3, -0.25) is 4.79 Å². The van der Waals surface area contributed by atoms with E-state index in [1.807, 2.05) is 0 Å². The summed E-state index contributed by atoms with van der Waals surface area (Å²) in [6.07, 6.45) is 2.91. The molecule has 0 bridgehead atoms. The third-order valence-corrected chi connectivity index (χ3v) is 2.36. The highest BCUT2D eigenvalue weighted by Gasteiger charge is 2.14. The Labute approximate surface area is 101 Å². The molecule has 1 aromatic heterocycles. The summed E-state index contributed by atoms with van der Waals surface area (Å²) >= 11 is 0. The van der Waals surface area contributed by atoms with Crippen LogP contribution in [0.25, 0.3) is 0 Å². The lowest BCUT2D eigenvalue weighted by Gasteiger charge is -2.06. The molecule has 0 radical (unpaired) electrons. The Bertz CT molecular complexity index is 568. The average Bonchev–Trinajstić information content (AvgIpc) is 2.84. The van der Waals surface area contributed by atoms with Gasteiger partial charge in [0.25, 0.3) is 5.91 Å². The molecule has 0 aliphatic rings. The zero-order chi connectivity index (χ0) is 13.1. The average molecular weight is 252 g/mol. The van der Waals surface area contributed by atoms with E-state index >= 15 is 0 Å². The van der Waals surface area contributed by atoms with E-state index in [-0.39, 0.29) is 17.8 Å². The molecule has 0 fully saturated rings. The van der Waals surface area contributed by atoms with Crippen LogP contribution in [0.1, 0.15) is 15.9 Å². The van der Waals surface area contributed by atoms with Gasteiger partial charge in [-0.1, -0.05) is 0 Å². The number of nitrogen functional groups attached to an aromatic ring is 1. The van der Waals surface area contributed by atoms with Crippen LogP contribution in [0.5, 0.6) is 0 Å². The maximum absolute atomic E-state index is 13.4. The summed E-state index contributed by atoms with van der Waals surface area (Å²) in [5.74, 6) is -2.51. The molecule has 0 atom stereocenters. The van der Waals surface area contributed by atoms with Crippen LogP contribution in [0.4, 0.5) is 14.5 Å². The second kappa shape index (κ2) is 4.87. The normalized spacial score (nSPS) is 10.3. The molecule has 1 heterocycles. The Morgan fingerprint density at radius 2 is 2.11 bits per heavy atom. The van der Waals surface area contributed by atoms with Crippen molar-refractivity contribution in [3.8, 4) is 0 Å². The van der Waals surface area contributed by atoms with Gasteiger partial charge in [0.15, 0.2) is 0 Å². The predicted molar refractivity (Wildman–Crippen MR) is 60.6 cm³/mol. The lowest BCUT2D eigenvalue weighted by atomic mass is 10.1. The van der Waals surface area contributed by atoms with Crippen molar-refractivity contribution in [2.45, 2.75) is 6.54 Å². The summed E-state index contributed by atoms with van der Waals surface area (Å²) in [4.78, 5) is 11.7. The smallest absolute Gasteiger partial charge is 0.254 e. The number of carbonyl (C=O) groups is 1. The van der Waals surface area contributed by atoms with Crippen LogP contribution in [-0.4, -0.2) is 5.91 Å². The van der Waals surface area contributed by atoms with Gasteiger partial charge in [-0.2, -0.15) is 0 Å². The van der Waals surface area contributed by atoms with E-state index in [4.69, 9.17) is 10.2 Å². The minimum atomic E-state index is -0.952. The van der Waals surface area contributed by atoms with E-state index in [1.54, 1.807) is 6.07 Å². The van der Waals surface area contributed by atoms with Gasteiger partial charge < -0.3 is 15.5 Å². The molecule has 1 amide bonds. The number of hydrogen-bond donors (Lipinski definition) is 2. The number of carbonyl (C=O) groups excluding carboxylic acids is 1. The molecule has 94 valence electrons. The van der Waals surface area contributed by atoms with Crippen LogP contribution in [0, 0.1) is 11.6 Å². The zero-order valence-corrected chi connectivity index (χ0v) is 9.24. The highest BCUT2D eigenvalue weighted by molar-refractivity contribution is 5.95. The molecular weight excluding hydrogens is 242 g/mol. The largest absolute Gasteiger partial charge is 0.472 e. The van der Waals surface area contributed by atoms with Crippen LogP contribution in [-0.2, 0) is 6.54 Å². The molecule has 18 heavy (non-hydrogen) atoms. The Balaban J connectivity index is 2.11. The van der Waals surface area contributed by atoms with Crippen LogP contribution < -0.4 is 11.1 Å². The van der Waals surface area contributed by atoms with Gasteiger partial charge in [0.2, 0.25) is 0 Å². The highest BCUT2D eigenvalue weighted by Crippen LogP contribution is 2.16. The lowest BCUT2D eigenvalue weighted by Crippen LogP contribution is -2.24. The van der Waals surface area contributed by atoms with E-state index in [1.165, 1.54) is 12.5 Å². The van der Waals surface area contributed by atoms with Crippen LogP contribution >= 0.6 is 0 Å². The van der Waals surface area contributed by atoms with Crippen LogP contribution in [0.3, 0.4) is 0 Å². The van der Waals surface area contributed by atoms with Gasteiger partial charge in [0.05, 0.1) is 23.8 Å². The zero-order valence-electron chi connectivity index (χ0n) is 9.24. The second-order valence-electron chi connectivity index (χ2n) is 3.67. The van der Waals surface area contributed by atoms with E-state index in [2.05, 4.69) is 5.32 Å². The number of nitrogens with two attached hydrogens (primary N) is 1. The van der Waals surface area contributed by atoms with Crippen molar-refractivity contribution < 1.29 is 18.0 Å². The minimum absolute atomic E-state index is 0.187. The quantitative estimate of drug-likeness (QED) is 0.821. The summed E-state index contributed by atoms with van der Waals surface area (Å²) in [5.41, 5.74) is 5.45. The first-order chi connectivity index (χ1) is 8.58. The van der Waals surface area contributed by atoms with Crippen LogP contribution in [0.2, 0.25) is 0 Å². The predicted octanol–water partition coefficient (Wildman–Crippen LogP) is 2.07. The number of benzene rings is 1. The number of amides is 1. The molecule has 0 saturated carbocycles. The Morgan fingerprint density at radius 1 is 1.33 bits per heavy atom. The standard InChI is InChI=1S/C12H10F2N2O2/c13-9-4-10(14)11(15)3-8(9)12(17)16-5-7-1-2-18-6-7/h1-4,6H,5,15H2,(H,16,17). The molecule has 3 N–H and O–H groups in total. The fourth-order valence-corrected chi connectivity index (χ4v) is 1.41. The minimum Gasteiger partial charge on any atom is -0.472 e. The maximum Gasteiger partial charge on any atom is 0.254 e. The Hall–Kier alpha value is -2.37. The number of nitrogens with one attached hydrogen (secondary N) is 1. The number of furan rings is 1.